The van der Waals surface area contributed by atoms with E-state index in [4.69, 9.17) is 4.74 Å². The first kappa shape index (κ1) is 17.7. The Morgan fingerprint density at radius 2 is 1.96 bits per heavy atom. The van der Waals surface area contributed by atoms with Crippen LogP contribution in [-0.4, -0.2) is 22.1 Å². The number of rotatable bonds is 6. The number of aromatic nitrogens is 2. The maximum absolute atomic E-state index is 14.3. The van der Waals surface area contributed by atoms with Gasteiger partial charge in [0.2, 0.25) is 0 Å². The van der Waals surface area contributed by atoms with Gasteiger partial charge in [0.15, 0.2) is 6.61 Å². The van der Waals surface area contributed by atoms with Crippen LogP contribution in [-0.2, 0) is 11.3 Å². The summed E-state index contributed by atoms with van der Waals surface area (Å²) in [7, 11) is 0. The fraction of sp³-hybridized carbons (Fsp3) is 0.200. The first-order valence-corrected chi connectivity index (χ1v) is 8.28. The van der Waals surface area contributed by atoms with Crippen LogP contribution in [0.1, 0.15) is 17.0 Å². The number of ether oxygens (including phenoxy) is 1. The lowest BCUT2D eigenvalue weighted by Gasteiger charge is -2.10. The van der Waals surface area contributed by atoms with Gasteiger partial charge in [0.25, 0.3) is 5.91 Å². The summed E-state index contributed by atoms with van der Waals surface area (Å²) in [4.78, 5) is 16.0. The molecule has 0 bridgehead atoms. The zero-order valence-electron chi connectivity index (χ0n) is 14.7. The van der Waals surface area contributed by atoms with E-state index in [1.54, 1.807) is 29.1 Å². The fourth-order valence-corrected chi connectivity index (χ4v) is 2.52. The topological polar surface area (TPSA) is 56.1 Å². The monoisotopic (exact) mass is 353 g/mol. The lowest BCUT2D eigenvalue weighted by molar-refractivity contribution is -0.123. The maximum atomic E-state index is 14.3. The third kappa shape index (κ3) is 4.27. The first-order valence-electron chi connectivity index (χ1n) is 8.28. The number of benzene rings is 2. The van der Waals surface area contributed by atoms with Crippen molar-refractivity contribution >= 4 is 5.91 Å². The van der Waals surface area contributed by atoms with E-state index in [-0.39, 0.29) is 24.9 Å². The Bertz CT molecular complexity index is 904. The molecule has 1 amide bonds. The van der Waals surface area contributed by atoms with E-state index in [0.29, 0.717) is 22.8 Å². The predicted octanol–water partition coefficient (Wildman–Crippen LogP) is 3.32. The van der Waals surface area contributed by atoms with E-state index in [0.717, 1.165) is 5.56 Å². The van der Waals surface area contributed by atoms with Crippen LogP contribution in [0, 0.1) is 19.7 Å². The van der Waals surface area contributed by atoms with Crippen LogP contribution >= 0.6 is 0 Å². The molecule has 26 heavy (non-hydrogen) atoms. The maximum Gasteiger partial charge on any atom is 0.258 e. The molecule has 1 heterocycles. The number of carbonyl (C=O) groups is 1. The molecule has 0 unspecified atom stereocenters. The number of amides is 1. The van der Waals surface area contributed by atoms with Gasteiger partial charge in [-0.05, 0) is 43.7 Å². The second kappa shape index (κ2) is 7.82. The van der Waals surface area contributed by atoms with E-state index in [9.17, 15) is 9.18 Å². The van der Waals surface area contributed by atoms with Crippen molar-refractivity contribution in [1.29, 1.82) is 0 Å². The Morgan fingerprint density at radius 1 is 1.19 bits per heavy atom. The summed E-state index contributed by atoms with van der Waals surface area (Å²) in [6, 6.07) is 12.3. The van der Waals surface area contributed by atoms with Gasteiger partial charge in [0.1, 0.15) is 17.4 Å². The average molecular weight is 353 g/mol. The summed E-state index contributed by atoms with van der Waals surface area (Å²) in [5.74, 6) is 0.712. The number of aryl methyl sites for hydroxylation is 2. The molecule has 0 aliphatic heterocycles. The molecule has 0 aliphatic rings. The summed E-state index contributed by atoms with van der Waals surface area (Å²) in [5.41, 5.74) is 2.23. The summed E-state index contributed by atoms with van der Waals surface area (Å²) < 4.78 is 21.4. The highest BCUT2D eigenvalue weighted by Crippen LogP contribution is 2.17. The molecule has 134 valence electrons. The van der Waals surface area contributed by atoms with Crippen LogP contribution in [0.2, 0.25) is 0 Å². The summed E-state index contributed by atoms with van der Waals surface area (Å²) >= 11 is 0. The summed E-state index contributed by atoms with van der Waals surface area (Å²) in [6.45, 7) is 3.94. The molecule has 0 atom stereocenters. The molecular weight excluding hydrogens is 333 g/mol. The van der Waals surface area contributed by atoms with Gasteiger partial charge in [-0.2, -0.15) is 0 Å². The quantitative estimate of drug-likeness (QED) is 0.740. The molecule has 0 aliphatic carbocycles. The van der Waals surface area contributed by atoms with Crippen molar-refractivity contribution in [3.8, 4) is 11.4 Å². The molecule has 6 heteroatoms. The Kier molecular flexibility index (Phi) is 5.31. The third-order valence-electron chi connectivity index (χ3n) is 3.98. The van der Waals surface area contributed by atoms with Crippen LogP contribution < -0.4 is 10.1 Å². The number of halogens is 1. The van der Waals surface area contributed by atoms with Gasteiger partial charge in [0.05, 0.1) is 5.69 Å². The minimum atomic E-state index is -0.367. The Labute approximate surface area is 151 Å². The fourth-order valence-electron chi connectivity index (χ4n) is 2.52. The van der Waals surface area contributed by atoms with Crippen LogP contribution in [0.5, 0.6) is 5.75 Å². The molecule has 2 aromatic carbocycles. The van der Waals surface area contributed by atoms with E-state index >= 15 is 0 Å². The van der Waals surface area contributed by atoms with Crippen molar-refractivity contribution < 1.29 is 13.9 Å². The van der Waals surface area contributed by atoms with Crippen molar-refractivity contribution in [3.05, 3.63) is 77.6 Å². The average Bonchev–Trinajstić information content (AvgIpc) is 3.05. The highest BCUT2D eigenvalue weighted by Gasteiger charge is 2.09. The van der Waals surface area contributed by atoms with E-state index in [2.05, 4.69) is 10.3 Å². The largest absolute Gasteiger partial charge is 0.484 e. The molecule has 3 rings (SSSR count). The number of nitrogens with zero attached hydrogens (tertiary/aromatic N) is 2. The molecular formula is C20H20FN3O2. The van der Waals surface area contributed by atoms with Gasteiger partial charge in [-0.3, -0.25) is 4.79 Å². The van der Waals surface area contributed by atoms with Crippen LogP contribution in [0.3, 0.4) is 0 Å². The van der Waals surface area contributed by atoms with Crippen molar-refractivity contribution in [2.75, 3.05) is 6.61 Å². The van der Waals surface area contributed by atoms with Crippen molar-refractivity contribution in [3.63, 3.8) is 0 Å². The molecule has 1 N–H and O–H groups in total. The van der Waals surface area contributed by atoms with Gasteiger partial charge in [-0.15, -0.1) is 0 Å². The van der Waals surface area contributed by atoms with Crippen LogP contribution in [0.15, 0.2) is 54.9 Å². The van der Waals surface area contributed by atoms with Crippen molar-refractivity contribution in [2.24, 2.45) is 0 Å². The van der Waals surface area contributed by atoms with E-state index in [1.807, 2.05) is 38.1 Å². The van der Waals surface area contributed by atoms with Gasteiger partial charge in [-0.25, -0.2) is 9.37 Å². The molecule has 5 nitrogen and oxygen atoms in total. The third-order valence-corrected chi connectivity index (χ3v) is 3.98. The minimum absolute atomic E-state index is 0.0855. The minimum Gasteiger partial charge on any atom is -0.484 e. The lowest BCUT2D eigenvalue weighted by atomic mass is 10.2. The predicted molar refractivity (Wildman–Crippen MR) is 96.8 cm³/mol. The summed E-state index contributed by atoms with van der Waals surface area (Å²) in [6.07, 6.45) is 3.33. The zero-order valence-corrected chi connectivity index (χ0v) is 14.7. The smallest absolute Gasteiger partial charge is 0.258 e. The molecule has 0 saturated heterocycles. The molecule has 0 radical (unpaired) electrons. The molecule has 0 fully saturated rings. The lowest BCUT2D eigenvalue weighted by Crippen LogP contribution is -2.28. The number of hydrogen-bond donors (Lipinski definition) is 1. The highest BCUT2D eigenvalue weighted by atomic mass is 19.1. The highest BCUT2D eigenvalue weighted by molar-refractivity contribution is 5.77. The van der Waals surface area contributed by atoms with Crippen molar-refractivity contribution in [2.45, 2.75) is 20.4 Å². The van der Waals surface area contributed by atoms with Gasteiger partial charge in [0, 0.05) is 18.9 Å². The molecule has 0 saturated carbocycles. The zero-order chi connectivity index (χ0) is 18.5. The molecule has 1 aromatic heterocycles. The second-order valence-corrected chi connectivity index (χ2v) is 6.01. The molecule has 3 aromatic rings. The SMILES string of the molecule is Cc1ccc(OCC(=O)NCc2ccc(-n3ccnc3C)c(F)c2)cc1. The number of nitrogens with one attached hydrogen (secondary N) is 1. The van der Waals surface area contributed by atoms with Gasteiger partial charge < -0.3 is 14.6 Å². The number of carbonyl (C=O) groups excluding carboxylic acids is 1. The number of hydrogen-bond acceptors (Lipinski definition) is 3. The van der Waals surface area contributed by atoms with Gasteiger partial charge >= 0.3 is 0 Å². The number of imidazole rings is 1. The van der Waals surface area contributed by atoms with E-state index < -0.39 is 0 Å². The van der Waals surface area contributed by atoms with Crippen molar-refractivity contribution in [1.82, 2.24) is 14.9 Å². The molecule has 0 spiro atoms. The van der Waals surface area contributed by atoms with Gasteiger partial charge in [-0.1, -0.05) is 23.8 Å². The Balaban J connectivity index is 1.54. The normalized spacial score (nSPS) is 10.6. The van der Waals surface area contributed by atoms with Crippen LogP contribution in [0.4, 0.5) is 4.39 Å². The second-order valence-electron chi connectivity index (χ2n) is 6.01. The summed E-state index contributed by atoms with van der Waals surface area (Å²) in [5, 5.41) is 2.72. The standard InChI is InChI=1S/C20H20FN3O2/c1-14-3-6-17(7-4-14)26-13-20(25)23-12-16-5-8-19(18(21)11-16)24-10-9-22-15(24)2/h3-11H,12-13H2,1-2H3,(H,23,25). The van der Waals surface area contributed by atoms with E-state index in [1.165, 1.54) is 6.07 Å². The Morgan fingerprint density at radius 3 is 2.62 bits per heavy atom. The Hall–Kier alpha value is -3.15. The van der Waals surface area contributed by atoms with Crippen LogP contribution in [0.25, 0.3) is 5.69 Å². The first-order chi connectivity index (χ1) is 12.5.